The van der Waals surface area contributed by atoms with Crippen molar-refractivity contribution in [3.8, 4) is 0 Å². The van der Waals surface area contributed by atoms with Gasteiger partial charge in [0.1, 0.15) is 0 Å². The number of ether oxygens (including phenoxy) is 1. The summed E-state index contributed by atoms with van der Waals surface area (Å²) >= 11 is 0. The molecule has 1 aliphatic carbocycles. The topological polar surface area (TPSA) is 66.8 Å². The Morgan fingerprint density at radius 1 is 1.08 bits per heavy atom. The van der Waals surface area contributed by atoms with E-state index in [4.69, 9.17) is 0 Å². The number of hydrogen-bond donors (Lipinski definition) is 2. The van der Waals surface area contributed by atoms with Gasteiger partial charge in [0.15, 0.2) is 0 Å². The van der Waals surface area contributed by atoms with Crippen molar-refractivity contribution in [1.82, 2.24) is 0 Å². The Morgan fingerprint density at radius 3 is 2.52 bits per heavy atom. The van der Waals surface area contributed by atoms with Gasteiger partial charge >= 0.3 is 5.97 Å². The van der Waals surface area contributed by atoms with Gasteiger partial charge < -0.3 is 14.9 Å². The SMILES string of the molecule is CCC=CCCC=C[C@H]1CCC[C@@H]1CC=CCCC(O)(O)C(=O)OC. The standard InChI is InChI=1S/C21H34O4/c1-3-4-5-6-7-9-13-18-15-12-16-19(18)14-10-8-11-17-21(23,24)20(22)25-2/h4-5,8-10,13,18-19,23-24H,3,6-7,11-12,14-17H2,1-2H3/t18-,19-/m0/s1. The van der Waals surface area contributed by atoms with Gasteiger partial charge in [0.05, 0.1) is 7.11 Å². The van der Waals surface area contributed by atoms with Crippen molar-refractivity contribution >= 4 is 5.97 Å². The van der Waals surface area contributed by atoms with Crippen LogP contribution in [0.15, 0.2) is 36.5 Å². The summed E-state index contributed by atoms with van der Waals surface area (Å²) in [5.41, 5.74) is 0. The molecule has 0 radical (unpaired) electrons. The van der Waals surface area contributed by atoms with Gasteiger partial charge in [-0.1, -0.05) is 49.8 Å². The van der Waals surface area contributed by atoms with Gasteiger partial charge in [-0.2, -0.15) is 0 Å². The van der Waals surface area contributed by atoms with E-state index >= 15 is 0 Å². The van der Waals surface area contributed by atoms with E-state index in [1.165, 1.54) is 19.3 Å². The maximum Gasteiger partial charge on any atom is 0.366 e. The van der Waals surface area contributed by atoms with Crippen molar-refractivity contribution in [2.45, 2.75) is 70.5 Å². The van der Waals surface area contributed by atoms with Crippen molar-refractivity contribution in [2.75, 3.05) is 7.11 Å². The second kappa shape index (κ2) is 12.0. The van der Waals surface area contributed by atoms with Gasteiger partial charge in [0.25, 0.3) is 5.79 Å². The third-order valence-electron chi connectivity index (χ3n) is 4.78. The molecule has 1 fully saturated rings. The van der Waals surface area contributed by atoms with E-state index in [2.05, 4.69) is 42.0 Å². The first-order chi connectivity index (χ1) is 12.0. The summed E-state index contributed by atoms with van der Waals surface area (Å²) in [5.74, 6) is -2.06. The maximum absolute atomic E-state index is 11.2. The fourth-order valence-electron chi connectivity index (χ4n) is 3.30. The lowest BCUT2D eigenvalue weighted by atomic mass is 9.92. The minimum atomic E-state index is -2.38. The summed E-state index contributed by atoms with van der Waals surface area (Å²) in [4.78, 5) is 11.2. The summed E-state index contributed by atoms with van der Waals surface area (Å²) < 4.78 is 4.36. The highest BCUT2D eigenvalue weighted by Gasteiger charge is 2.33. The molecule has 4 heteroatoms. The lowest BCUT2D eigenvalue weighted by molar-refractivity contribution is -0.208. The summed E-state index contributed by atoms with van der Waals surface area (Å²) in [6.45, 7) is 2.15. The largest absolute Gasteiger partial charge is 0.465 e. The second-order valence-corrected chi connectivity index (χ2v) is 6.79. The van der Waals surface area contributed by atoms with E-state index in [1.807, 2.05) is 6.08 Å². The molecule has 0 aliphatic heterocycles. The third-order valence-corrected chi connectivity index (χ3v) is 4.78. The molecule has 2 atom stereocenters. The van der Waals surface area contributed by atoms with Gasteiger partial charge in [-0.25, -0.2) is 4.79 Å². The highest BCUT2D eigenvalue weighted by molar-refractivity contribution is 5.76. The first-order valence-corrected chi connectivity index (χ1v) is 9.51. The second-order valence-electron chi connectivity index (χ2n) is 6.79. The van der Waals surface area contributed by atoms with Crippen LogP contribution in [0.1, 0.15) is 64.7 Å². The average molecular weight is 350 g/mol. The Hall–Kier alpha value is -1.39. The van der Waals surface area contributed by atoms with Gasteiger partial charge in [0.2, 0.25) is 0 Å². The minimum absolute atomic E-state index is 0.0462. The molecule has 0 aromatic rings. The van der Waals surface area contributed by atoms with Gasteiger partial charge in [-0.05, 0) is 56.8 Å². The predicted octanol–water partition coefficient (Wildman–Crippen LogP) is 4.29. The molecule has 0 spiro atoms. The summed E-state index contributed by atoms with van der Waals surface area (Å²) in [7, 11) is 1.15. The molecule has 0 heterocycles. The minimum Gasteiger partial charge on any atom is -0.465 e. The Morgan fingerprint density at radius 2 is 1.80 bits per heavy atom. The van der Waals surface area contributed by atoms with Crippen LogP contribution in [0.2, 0.25) is 0 Å². The van der Waals surface area contributed by atoms with E-state index in [9.17, 15) is 15.0 Å². The van der Waals surface area contributed by atoms with Gasteiger partial charge in [-0.3, -0.25) is 0 Å². The summed E-state index contributed by atoms with van der Waals surface area (Å²) in [6.07, 6.45) is 21.7. The molecule has 0 aromatic heterocycles. The smallest absolute Gasteiger partial charge is 0.366 e. The number of esters is 1. The van der Waals surface area contributed by atoms with Crippen LogP contribution in [-0.4, -0.2) is 29.1 Å². The zero-order valence-electron chi connectivity index (χ0n) is 15.7. The number of carbonyl (C=O) groups excluding carboxylic acids is 1. The molecule has 1 aliphatic rings. The highest BCUT2D eigenvalue weighted by atomic mass is 16.6. The molecule has 0 saturated heterocycles. The molecular formula is C21H34O4. The molecule has 0 aromatic carbocycles. The van der Waals surface area contributed by atoms with E-state index in [0.717, 1.165) is 32.8 Å². The van der Waals surface area contributed by atoms with Crippen LogP contribution < -0.4 is 0 Å². The van der Waals surface area contributed by atoms with E-state index < -0.39 is 11.8 Å². The van der Waals surface area contributed by atoms with Crippen LogP contribution in [0, 0.1) is 11.8 Å². The van der Waals surface area contributed by atoms with E-state index in [-0.39, 0.29) is 6.42 Å². The summed E-state index contributed by atoms with van der Waals surface area (Å²) in [6, 6.07) is 0. The molecule has 1 rings (SSSR count). The van der Waals surface area contributed by atoms with Crippen LogP contribution in [0.4, 0.5) is 0 Å². The molecule has 0 amide bonds. The number of aliphatic hydroxyl groups is 2. The number of unbranched alkanes of at least 4 members (excludes halogenated alkanes) is 1. The normalized spacial score (nSPS) is 21.8. The molecule has 0 unspecified atom stereocenters. The molecule has 0 bridgehead atoms. The third kappa shape index (κ3) is 8.50. The average Bonchev–Trinajstić information content (AvgIpc) is 3.04. The van der Waals surface area contributed by atoms with E-state index in [1.54, 1.807) is 0 Å². The van der Waals surface area contributed by atoms with Crippen LogP contribution in [0.25, 0.3) is 0 Å². The molecule has 4 nitrogen and oxygen atoms in total. The number of carbonyl (C=O) groups is 1. The lowest BCUT2D eigenvalue weighted by Crippen LogP contribution is -2.39. The molecule has 25 heavy (non-hydrogen) atoms. The lowest BCUT2D eigenvalue weighted by Gasteiger charge is -2.17. The van der Waals surface area contributed by atoms with Crippen molar-refractivity contribution in [3.63, 3.8) is 0 Å². The number of hydrogen-bond acceptors (Lipinski definition) is 4. The van der Waals surface area contributed by atoms with Gasteiger partial charge in [-0.15, -0.1) is 0 Å². The Kier molecular flexibility index (Phi) is 10.4. The first-order valence-electron chi connectivity index (χ1n) is 9.51. The predicted molar refractivity (Wildman–Crippen MR) is 101 cm³/mol. The van der Waals surface area contributed by atoms with Crippen molar-refractivity contribution in [3.05, 3.63) is 36.5 Å². The molecule has 142 valence electrons. The Labute approximate surface area is 152 Å². The maximum atomic E-state index is 11.2. The van der Waals surface area contributed by atoms with Crippen molar-refractivity contribution in [2.24, 2.45) is 11.8 Å². The fourth-order valence-corrected chi connectivity index (χ4v) is 3.30. The first kappa shape index (κ1) is 21.7. The quantitative estimate of drug-likeness (QED) is 0.252. The van der Waals surface area contributed by atoms with Crippen LogP contribution in [0.5, 0.6) is 0 Å². The van der Waals surface area contributed by atoms with E-state index in [0.29, 0.717) is 18.3 Å². The molecule has 1 saturated carbocycles. The van der Waals surface area contributed by atoms with Crippen LogP contribution in [0.3, 0.4) is 0 Å². The Bertz CT molecular complexity index is 463. The molecule has 2 N–H and O–H groups in total. The van der Waals surface area contributed by atoms with Crippen LogP contribution in [-0.2, 0) is 9.53 Å². The molecular weight excluding hydrogens is 316 g/mol. The highest BCUT2D eigenvalue weighted by Crippen LogP contribution is 2.35. The number of rotatable bonds is 11. The number of methoxy groups -OCH3 is 1. The van der Waals surface area contributed by atoms with Gasteiger partial charge in [0, 0.05) is 6.42 Å². The Balaban J connectivity index is 2.29. The number of allylic oxidation sites excluding steroid dienone is 6. The van der Waals surface area contributed by atoms with Crippen LogP contribution >= 0.6 is 0 Å². The van der Waals surface area contributed by atoms with Crippen molar-refractivity contribution in [1.29, 1.82) is 0 Å². The summed E-state index contributed by atoms with van der Waals surface area (Å²) in [5, 5.41) is 19.1. The zero-order chi connectivity index (χ0) is 18.5. The van der Waals surface area contributed by atoms with Crippen molar-refractivity contribution < 1.29 is 19.7 Å². The zero-order valence-corrected chi connectivity index (χ0v) is 15.7. The monoisotopic (exact) mass is 350 g/mol. The fraction of sp³-hybridized carbons (Fsp3) is 0.667.